The fourth-order valence-corrected chi connectivity index (χ4v) is 2.73. The number of aryl methyl sites for hydroxylation is 1. The molecule has 4 heteroatoms. The van der Waals surface area contributed by atoms with Crippen molar-refractivity contribution in [2.45, 2.75) is 51.6 Å². The summed E-state index contributed by atoms with van der Waals surface area (Å²) >= 11 is 0. The topological polar surface area (TPSA) is 51.6 Å². The highest BCUT2D eigenvalue weighted by Crippen LogP contribution is 2.15. The number of methoxy groups -OCH3 is 1. The van der Waals surface area contributed by atoms with E-state index in [4.69, 9.17) is 14.6 Å². The molecule has 4 nitrogen and oxygen atoms in total. The molecule has 25 heavy (non-hydrogen) atoms. The molecule has 0 amide bonds. The van der Waals surface area contributed by atoms with Gasteiger partial charge in [-0.15, -0.1) is 0 Å². The van der Waals surface area contributed by atoms with E-state index in [1.807, 2.05) is 24.3 Å². The van der Waals surface area contributed by atoms with Crippen LogP contribution < -0.4 is 9.47 Å². The van der Waals surface area contributed by atoms with Crippen LogP contribution in [0.1, 0.15) is 49.8 Å². The highest BCUT2D eigenvalue weighted by Gasteiger charge is 1.99. The summed E-state index contributed by atoms with van der Waals surface area (Å²) in [6.45, 7) is 0.640. The maximum Gasteiger partial charge on any atom is 0.213 e. The van der Waals surface area contributed by atoms with Crippen LogP contribution in [0.2, 0.25) is 0 Å². The Morgan fingerprint density at radius 1 is 0.880 bits per heavy atom. The van der Waals surface area contributed by atoms with E-state index in [-0.39, 0.29) is 6.61 Å². The number of pyridine rings is 1. The zero-order valence-corrected chi connectivity index (χ0v) is 15.1. The molecule has 0 saturated heterocycles. The van der Waals surface area contributed by atoms with Gasteiger partial charge in [0.05, 0.1) is 26.0 Å². The Bertz CT molecular complexity index is 598. The van der Waals surface area contributed by atoms with E-state index in [1.165, 1.54) is 37.7 Å². The van der Waals surface area contributed by atoms with E-state index in [2.05, 4.69) is 17.1 Å². The van der Waals surface area contributed by atoms with Crippen molar-refractivity contribution in [2.75, 3.05) is 13.7 Å². The van der Waals surface area contributed by atoms with E-state index in [0.717, 1.165) is 18.6 Å². The average molecular weight is 343 g/mol. The molecule has 1 N–H and O–H groups in total. The van der Waals surface area contributed by atoms with Crippen molar-refractivity contribution >= 4 is 0 Å². The standard InChI is InChI=1S/C21H29NO3/c1-24-20-14-12-18(13-15-20)9-6-4-2-3-5-7-16-25-21-11-8-10-19(17-23)22-21/h8,10-15,23H,2-7,9,16-17H2,1H3. The van der Waals surface area contributed by atoms with Crippen LogP contribution in [0.4, 0.5) is 0 Å². The summed E-state index contributed by atoms with van der Waals surface area (Å²) < 4.78 is 10.8. The van der Waals surface area contributed by atoms with E-state index in [0.29, 0.717) is 18.2 Å². The second-order valence-electron chi connectivity index (χ2n) is 6.19. The number of hydrogen-bond donors (Lipinski definition) is 1. The molecule has 2 aromatic rings. The quantitative estimate of drug-likeness (QED) is 0.575. The molecule has 0 atom stereocenters. The van der Waals surface area contributed by atoms with Gasteiger partial charge < -0.3 is 14.6 Å². The van der Waals surface area contributed by atoms with Crippen molar-refractivity contribution in [3.8, 4) is 11.6 Å². The smallest absolute Gasteiger partial charge is 0.213 e. The van der Waals surface area contributed by atoms with Crippen molar-refractivity contribution in [1.82, 2.24) is 4.98 Å². The predicted molar refractivity (Wildman–Crippen MR) is 100 cm³/mol. The van der Waals surface area contributed by atoms with Gasteiger partial charge in [0.1, 0.15) is 5.75 Å². The van der Waals surface area contributed by atoms with Crippen LogP contribution >= 0.6 is 0 Å². The molecule has 0 bridgehead atoms. The third-order valence-corrected chi connectivity index (χ3v) is 4.21. The molecule has 0 saturated carbocycles. The SMILES string of the molecule is COc1ccc(CCCCCCCCOc2cccc(CO)n2)cc1. The van der Waals surface area contributed by atoms with Crippen LogP contribution in [-0.4, -0.2) is 23.8 Å². The molecule has 0 aliphatic rings. The number of unbranched alkanes of at least 4 members (excludes halogenated alkanes) is 5. The first kappa shape index (κ1) is 19.3. The monoisotopic (exact) mass is 343 g/mol. The summed E-state index contributed by atoms with van der Waals surface area (Å²) in [5.41, 5.74) is 2.03. The number of aliphatic hydroxyl groups is 1. The van der Waals surface area contributed by atoms with Crippen molar-refractivity contribution < 1.29 is 14.6 Å². The molecule has 0 radical (unpaired) electrons. The van der Waals surface area contributed by atoms with Crippen LogP contribution in [0.5, 0.6) is 11.6 Å². The molecule has 136 valence electrons. The molecule has 0 unspecified atom stereocenters. The van der Waals surface area contributed by atoms with E-state index < -0.39 is 0 Å². The largest absolute Gasteiger partial charge is 0.497 e. The Kier molecular flexibility index (Phi) is 8.84. The van der Waals surface area contributed by atoms with Gasteiger partial charge in [0.2, 0.25) is 5.88 Å². The van der Waals surface area contributed by atoms with Gasteiger partial charge >= 0.3 is 0 Å². The highest BCUT2D eigenvalue weighted by molar-refractivity contribution is 5.27. The number of rotatable bonds is 12. The third-order valence-electron chi connectivity index (χ3n) is 4.21. The van der Waals surface area contributed by atoms with Gasteiger partial charge in [-0.05, 0) is 43.0 Å². The Hall–Kier alpha value is -2.07. The lowest BCUT2D eigenvalue weighted by atomic mass is 10.0. The van der Waals surface area contributed by atoms with Crippen molar-refractivity contribution in [1.29, 1.82) is 0 Å². The molecular weight excluding hydrogens is 314 g/mol. The van der Waals surface area contributed by atoms with Crippen molar-refractivity contribution in [3.05, 3.63) is 53.7 Å². The van der Waals surface area contributed by atoms with Crippen LogP contribution in [-0.2, 0) is 13.0 Å². The van der Waals surface area contributed by atoms with Gasteiger partial charge in [0, 0.05) is 6.07 Å². The Balaban J connectivity index is 1.46. The summed E-state index contributed by atoms with van der Waals surface area (Å²) in [5, 5.41) is 9.05. The minimum atomic E-state index is -0.0479. The summed E-state index contributed by atoms with van der Waals surface area (Å²) in [6.07, 6.45) is 8.39. The normalized spacial score (nSPS) is 10.6. The zero-order chi connectivity index (χ0) is 17.7. The predicted octanol–water partition coefficient (Wildman–Crippen LogP) is 4.54. The maximum atomic E-state index is 9.05. The molecule has 0 fully saturated rings. The molecule has 1 aromatic heterocycles. The van der Waals surface area contributed by atoms with Crippen LogP contribution in [0.25, 0.3) is 0 Å². The number of nitrogens with zero attached hydrogens (tertiary/aromatic N) is 1. The Morgan fingerprint density at radius 3 is 2.32 bits per heavy atom. The molecular formula is C21H29NO3. The van der Waals surface area contributed by atoms with Crippen LogP contribution in [0.3, 0.4) is 0 Å². The van der Waals surface area contributed by atoms with E-state index in [1.54, 1.807) is 13.2 Å². The van der Waals surface area contributed by atoms with E-state index >= 15 is 0 Å². The van der Waals surface area contributed by atoms with Gasteiger partial charge in [-0.25, -0.2) is 4.98 Å². The third kappa shape index (κ3) is 7.57. The van der Waals surface area contributed by atoms with Crippen molar-refractivity contribution in [3.63, 3.8) is 0 Å². The molecule has 0 spiro atoms. The zero-order valence-electron chi connectivity index (χ0n) is 15.1. The number of aliphatic hydroxyl groups excluding tert-OH is 1. The molecule has 1 aromatic carbocycles. The second-order valence-corrected chi connectivity index (χ2v) is 6.19. The fourth-order valence-electron chi connectivity index (χ4n) is 2.73. The second kappa shape index (κ2) is 11.5. The minimum absolute atomic E-state index is 0.0479. The fraction of sp³-hybridized carbons (Fsp3) is 0.476. The van der Waals surface area contributed by atoms with Crippen LogP contribution in [0.15, 0.2) is 42.5 Å². The number of ether oxygens (including phenoxy) is 2. The molecule has 1 heterocycles. The summed E-state index contributed by atoms with van der Waals surface area (Å²) in [7, 11) is 1.70. The summed E-state index contributed by atoms with van der Waals surface area (Å²) in [5.74, 6) is 1.52. The first-order valence-corrected chi connectivity index (χ1v) is 9.14. The van der Waals surface area contributed by atoms with Gasteiger partial charge in [-0.2, -0.15) is 0 Å². The molecule has 0 aliphatic carbocycles. The van der Waals surface area contributed by atoms with Crippen molar-refractivity contribution in [2.24, 2.45) is 0 Å². The summed E-state index contributed by atoms with van der Waals surface area (Å²) in [6, 6.07) is 13.8. The highest BCUT2D eigenvalue weighted by atomic mass is 16.5. The Labute approximate surface area is 150 Å². The number of benzene rings is 1. The number of hydrogen-bond acceptors (Lipinski definition) is 4. The minimum Gasteiger partial charge on any atom is -0.497 e. The first-order valence-electron chi connectivity index (χ1n) is 9.14. The van der Waals surface area contributed by atoms with Gasteiger partial charge in [0.15, 0.2) is 0 Å². The van der Waals surface area contributed by atoms with Gasteiger partial charge in [-0.3, -0.25) is 0 Å². The molecule has 0 aliphatic heterocycles. The summed E-state index contributed by atoms with van der Waals surface area (Å²) in [4.78, 5) is 4.21. The lowest BCUT2D eigenvalue weighted by Crippen LogP contribution is -2.00. The van der Waals surface area contributed by atoms with Gasteiger partial charge in [0.25, 0.3) is 0 Å². The van der Waals surface area contributed by atoms with Crippen LogP contribution in [0, 0.1) is 0 Å². The lowest BCUT2D eigenvalue weighted by Gasteiger charge is -2.06. The Morgan fingerprint density at radius 2 is 1.60 bits per heavy atom. The average Bonchev–Trinajstić information content (AvgIpc) is 2.67. The lowest BCUT2D eigenvalue weighted by molar-refractivity contribution is 0.266. The number of aromatic nitrogens is 1. The van der Waals surface area contributed by atoms with Gasteiger partial charge in [-0.1, -0.05) is 43.9 Å². The first-order chi connectivity index (χ1) is 12.3. The maximum absolute atomic E-state index is 9.05. The van der Waals surface area contributed by atoms with E-state index in [9.17, 15) is 0 Å². The molecule has 2 rings (SSSR count).